The first-order valence-electron chi connectivity index (χ1n) is 7.90. The van der Waals surface area contributed by atoms with Gasteiger partial charge in [-0.1, -0.05) is 0 Å². The molecule has 0 atom stereocenters. The maximum atomic E-state index is 12.2. The number of hydrogen-bond acceptors (Lipinski definition) is 3. The molecule has 1 aliphatic rings. The van der Waals surface area contributed by atoms with Crippen LogP contribution in [0.5, 0.6) is 0 Å². The molecule has 0 fully saturated rings. The summed E-state index contributed by atoms with van der Waals surface area (Å²) in [6.45, 7) is 8.49. The van der Waals surface area contributed by atoms with Gasteiger partial charge < -0.3 is 15.1 Å². The molecule has 0 saturated heterocycles. The van der Waals surface area contributed by atoms with E-state index in [4.69, 9.17) is 0 Å². The van der Waals surface area contributed by atoms with Gasteiger partial charge in [-0.3, -0.25) is 4.79 Å². The summed E-state index contributed by atoms with van der Waals surface area (Å²) in [6.07, 6.45) is 1.31. The van der Waals surface area contributed by atoms with Gasteiger partial charge in [-0.2, -0.15) is 0 Å². The van der Waals surface area contributed by atoms with E-state index in [1.807, 2.05) is 25.7 Å². The van der Waals surface area contributed by atoms with Gasteiger partial charge in [0.25, 0.3) is 0 Å². The fourth-order valence-corrected chi connectivity index (χ4v) is 3.63. The van der Waals surface area contributed by atoms with Crippen molar-refractivity contribution < 1.29 is 9.59 Å². The molecule has 2 rings (SSSR count). The van der Waals surface area contributed by atoms with Crippen molar-refractivity contribution in [3.8, 4) is 0 Å². The minimum absolute atomic E-state index is 0.0935. The van der Waals surface area contributed by atoms with Crippen LogP contribution in [-0.4, -0.2) is 47.4 Å². The highest BCUT2D eigenvalue weighted by Crippen LogP contribution is 2.24. The first-order chi connectivity index (χ1) is 10.5. The number of thiophene rings is 1. The standard InChI is InChI=1S/C16H25N3O2S/c1-4-19(12(2)3)16(21)17-8-5-15(20)18-9-6-14-13(11-18)7-10-22-14/h7,10,12H,4-6,8-9,11H2,1-3H3,(H,17,21). The third-order valence-corrected chi connectivity index (χ3v) is 5.02. The van der Waals surface area contributed by atoms with E-state index in [-0.39, 0.29) is 18.0 Å². The zero-order valence-corrected chi connectivity index (χ0v) is 14.4. The number of fused-ring (bicyclic) bond motifs is 1. The molecular weight excluding hydrogens is 298 g/mol. The lowest BCUT2D eigenvalue weighted by atomic mass is 10.1. The van der Waals surface area contributed by atoms with Gasteiger partial charge in [0.1, 0.15) is 0 Å². The second-order valence-electron chi connectivity index (χ2n) is 5.80. The Balaban J connectivity index is 1.76. The van der Waals surface area contributed by atoms with Gasteiger partial charge in [0.2, 0.25) is 5.91 Å². The van der Waals surface area contributed by atoms with Crippen molar-refractivity contribution in [2.45, 2.75) is 46.2 Å². The second kappa shape index (κ2) is 7.63. The molecule has 122 valence electrons. The summed E-state index contributed by atoms with van der Waals surface area (Å²) in [7, 11) is 0. The van der Waals surface area contributed by atoms with Gasteiger partial charge in [-0.05, 0) is 44.2 Å². The van der Waals surface area contributed by atoms with Gasteiger partial charge in [0.05, 0.1) is 0 Å². The minimum Gasteiger partial charge on any atom is -0.338 e. The summed E-state index contributed by atoms with van der Waals surface area (Å²) in [5, 5.41) is 4.93. The molecule has 0 bridgehead atoms. The fourth-order valence-electron chi connectivity index (χ4n) is 2.74. The summed E-state index contributed by atoms with van der Waals surface area (Å²) in [5.41, 5.74) is 1.27. The van der Waals surface area contributed by atoms with Crippen LogP contribution in [0.3, 0.4) is 0 Å². The van der Waals surface area contributed by atoms with Crippen LogP contribution in [0.4, 0.5) is 4.79 Å². The first-order valence-corrected chi connectivity index (χ1v) is 8.78. The monoisotopic (exact) mass is 323 g/mol. The number of carbonyl (C=O) groups excluding carboxylic acids is 2. The number of urea groups is 1. The Morgan fingerprint density at radius 2 is 2.23 bits per heavy atom. The molecule has 1 N–H and O–H groups in total. The van der Waals surface area contributed by atoms with E-state index in [0.29, 0.717) is 26.1 Å². The van der Waals surface area contributed by atoms with Crippen molar-refractivity contribution in [2.24, 2.45) is 0 Å². The molecule has 3 amide bonds. The van der Waals surface area contributed by atoms with Gasteiger partial charge in [-0.25, -0.2) is 4.79 Å². The average molecular weight is 323 g/mol. The SMILES string of the molecule is CCN(C(=O)NCCC(=O)N1CCc2sccc2C1)C(C)C. The van der Waals surface area contributed by atoms with Gasteiger partial charge in [0, 0.05) is 43.5 Å². The molecule has 0 radical (unpaired) electrons. The van der Waals surface area contributed by atoms with Crippen molar-refractivity contribution in [3.05, 3.63) is 21.9 Å². The second-order valence-corrected chi connectivity index (χ2v) is 6.80. The van der Waals surface area contributed by atoms with Crippen molar-refractivity contribution >= 4 is 23.3 Å². The fraction of sp³-hybridized carbons (Fsp3) is 0.625. The smallest absolute Gasteiger partial charge is 0.317 e. The number of nitrogens with zero attached hydrogens (tertiary/aromatic N) is 2. The number of nitrogens with one attached hydrogen (secondary N) is 1. The Labute approximate surface area is 136 Å². The van der Waals surface area contributed by atoms with Gasteiger partial charge in [-0.15, -0.1) is 11.3 Å². The van der Waals surface area contributed by atoms with E-state index in [2.05, 4.69) is 16.8 Å². The van der Waals surface area contributed by atoms with Crippen LogP contribution in [0.2, 0.25) is 0 Å². The molecule has 6 heteroatoms. The Morgan fingerprint density at radius 1 is 1.45 bits per heavy atom. The molecule has 5 nitrogen and oxygen atoms in total. The third kappa shape index (κ3) is 4.00. The van der Waals surface area contributed by atoms with E-state index < -0.39 is 0 Å². The highest BCUT2D eigenvalue weighted by molar-refractivity contribution is 7.10. The summed E-state index contributed by atoms with van der Waals surface area (Å²) >= 11 is 1.77. The van der Waals surface area contributed by atoms with E-state index in [1.165, 1.54) is 10.4 Å². The zero-order chi connectivity index (χ0) is 16.1. The molecule has 1 aliphatic heterocycles. The maximum Gasteiger partial charge on any atom is 0.317 e. The number of amides is 3. The highest BCUT2D eigenvalue weighted by Gasteiger charge is 2.21. The van der Waals surface area contributed by atoms with Crippen molar-refractivity contribution in [1.82, 2.24) is 15.1 Å². The molecule has 2 heterocycles. The predicted molar refractivity (Wildman–Crippen MR) is 89.0 cm³/mol. The summed E-state index contributed by atoms with van der Waals surface area (Å²) in [4.78, 5) is 29.3. The lowest BCUT2D eigenvalue weighted by Gasteiger charge is -2.28. The van der Waals surface area contributed by atoms with E-state index in [0.717, 1.165) is 13.0 Å². The molecule has 1 aromatic heterocycles. The maximum absolute atomic E-state index is 12.2. The van der Waals surface area contributed by atoms with E-state index in [9.17, 15) is 9.59 Å². The molecule has 0 saturated carbocycles. The largest absolute Gasteiger partial charge is 0.338 e. The van der Waals surface area contributed by atoms with E-state index >= 15 is 0 Å². The minimum atomic E-state index is -0.0935. The summed E-state index contributed by atoms with van der Waals surface area (Å²) in [6, 6.07) is 2.17. The lowest BCUT2D eigenvalue weighted by molar-refractivity contribution is -0.131. The lowest BCUT2D eigenvalue weighted by Crippen LogP contribution is -2.45. The highest BCUT2D eigenvalue weighted by atomic mass is 32.1. The number of carbonyl (C=O) groups is 2. The Morgan fingerprint density at radius 3 is 2.91 bits per heavy atom. The summed E-state index contributed by atoms with van der Waals surface area (Å²) in [5.74, 6) is 0.116. The van der Waals surface area contributed by atoms with Crippen LogP contribution in [0, 0.1) is 0 Å². The van der Waals surface area contributed by atoms with Crippen LogP contribution in [0.1, 0.15) is 37.6 Å². The predicted octanol–water partition coefficient (Wildman–Crippen LogP) is 2.46. The molecule has 0 aliphatic carbocycles. The van der Waals surface area contributed by atoms with Crippen molar-refractivity contribution in [2.75, 3.05) is 19.6 Å². The molecule has 0 spiro atoms. The molecule has 0 unspecified atom stereocenters. The van der Waals surface area contributed by atoms with Crippen LogP contribution in [-0.2, 0) is 17.8 Å². The molecule has 22 heavy (non-hydrogen) atoms. The van der Waals surface area contributed by atoms with Gasteiger partial charge >= 0.3 is 6.03 Å². The van der Waals surface area contributed by atoms with E-state index in [1.54, 1.807) is 16.2 Å². The van der Waals surface area contributed by atoms with Gasteiger partial charge in [0.15, 0.2) is 0 Å². The molecular formula is C16H25N3O2S. The Kier molecular flexibility index (Phi) is 5.83. The third-order valence-electron chi connectivity index (χ3n) is 4.00. The van der Waals surface area contributed by atoms with Crippen molar-refractivity contribution in [1.29, 1.82) is 0 Å². The van der Waals surface area contributed by atoms with Crippen LogP contribution in [0.15, 0.2) is 11.4 Å². The zero-order valence-electron chi connectivity index (χ0n) is 13.6. The normalized spacial score (nSPS) is 13.9. The topological polar surface area (TPSA) is 52.7 Å². The number of hydrogen-bond donors (Lipinski definition) is 1. The number of rotatable bonds is 5. The first kappa shape index (κ1) is 16.8. The van der Waals surface area contributed by atoms with Crippen LogP contribution < -0.4 is 5.32 Å². The molecule has 1 aromatic rings. The van der Waals surface area contributed by atoms with Crippen LogP contribution >= 0.6 is 11.3 Å². The Bertz CT molecular complexity index is 527. The van der Waals surface area contributed by atoms with Crippen LogP contribution in [0.25, 0.3) is 0 Å². The van der Waals surface area contributed by atoms with Crippen molar-refractivity contribution in [3.63, 3.8) is 0 Å². The Hall–Kier alpha value is -1.56. The average Bonchev–Trinajstić information content (AvgIpc) is 2.94. The quantitative estimate of drug-likeness (QED) is 0.905. The molecule has 0 aromatic carbocycles. The summed E-state index contributed by atoms with van der Waals surface area (Å²) < 4.78 is 0.